The first kappa shape index (κ1) is 7.27. The summed E-state index contributed by atoms with van der Waals surface area (Å²) in [7, 11) is 0. The van der Waals surface area contributed by atoms with Crippen LogP contribution in [-0.4, -0.2) is 0 Å². The predicted molar refractivity (Wildman–Crippen MR) is 59.7 cm³/mol. The summed E-state index contributed by atoms with van der Waals surface area (Å²) in [6, 6.07) is 9.18. The third-order valence-corrected chi connectivity index (χ3v) is 5.34. The Balaban J connectivity index is 1.78. The normalized spacial score (nSPS) is 47.2. The fraction of sp³-hybridized carbons (Fsp3) is 0.467. The maximum atomic E-state index is 2.61. The summed E-state index contributed by atoms with van der Waals surface area (Å²) in [5, 5.41) is 0. The molecule has 0 saturated heterocycles. The van der Waals surface area contributed by atoms with Crippen LogP contribution < -0.4 is 0 Å². The molecule has 2 saturated carbocycles. The Labute approximate surface area is 90.0 Å². The van der Waals surface area contributed by atoms with E-state index in [1.54, 1.807) is 16.7 Å². The zero-order valence-corrected chi connectivity index (χ0v) is 8.69. The highest BCUT2D eigenvalue weighted by molar-refractivity contribution is 5.50. The van der Waals surface area contributed by atoms with Crippen LogP contribution in [0.25, 0.3) is 0 Å². The highest BCUT2D eigenvalue weighted by Crippen LogP contribution is 2.70. The fourth-order valence-electron chi connectivity index (χ4n) is 4.60. The van der Waals surface area contributed by atoms with Crippen LogP contribution >= 0.6 is 0 Å². The summed E-state index contributed by atoms with van der Waals surface area (Å²) in [6.07, 6.45) is 5.54. The first-order valence-corrected chi connectivity index (χ1v) is 6.23. The third kappa shape index (κ3) is 0.677. The van der Waals surface area contributed by atoms with Crippen LogP contribution in [0, 0.1) is 17.8 Å². The van der Waals surface area contributed by atoms with Crippen molar-refractivity contribution < 1.29 is 0 Å². The van der Waals surface area contributed by atoms with Gasteiger partial charge in [-0.25, -0.2) is 0 Å². The molecule has 1 aromatic carbocycles. The molecule has 5 rings (SSSR count). The van der Waals surface area contributed by atoms with Crippen molar-refractivity contribution in [3.05, 3.63) is 47.0 Å². The second-order valence-electron chi connectivity index (χ2n) is 5.79. The van der Waals surface area contributed by atoms with Gasteiger partial charge in [0.25, 0.3) is 0 Å². The number of fused-ring (bicyclic) bond motifs is 5. The molecule has 15 heavy (non-hydrogen) atoms. The summed E-state index contributed by atoms with van der Waals surface area (Å²) in [5.74, 6) is 4.82. The first-order chi connectivity index (χ1) is 7.43. The van der Waals surface area contributed by atoms with E-state index in [9.17, 15) is 0 Å². The van der Waals surface area contributed by atoms with Gasteiger partial charge in [0.05, 0.1) is 0 Å². The van der Waals surface area contributed by atoms with Crippen LogP contribution in [0.5, 0.6) is 0 Å². The largest absolute Gasteiger partial charge is 0.0772 e. The molecule has 74 valence electrons. The van der Waals surface area contributed by atoms with Gasteiger partial charge in [-0.2, -0.15) is 0 Å². The third-order valence-electron chi connectivity index (χ3n) is 5.34. The highest BCUT2D eigenvalue weighted by Gasteiger charge is 2.60. The minimum absolute atomic E-state index is 0.804. The van der Waals surface area contributed by atoms with E-state index in [2.05, 4.69) is 30.3 Å². The van der Waals surface area contributed by atoms with Crippen LogP contribution in [0.3, 0.4) is 0 Å². The molecule has 5 unspecified atom stereocenters. The summed E-state index contributed by atoms with van der Waals surface area (Å²) < 4.78 is 0. The van der Waals surface area contributed by atoms with Crippen molar-refractivity contribution in [1.82, 2.24) is 0 Å². The lowest BCUT2D eigenvalue weighted by atomic mass is 9.59. The maximum absolute atomic E-state index is 2.61. The van der Waals surface area contributed by atoms with E-state index < -0.39 is 0 Å². The van der Waals surface area contributed by atoms with Gasteiger partial charge in [0.15, 0.2) is 0 Å². The Morgan fingerprint density at radius 1 is 1.00 bits per heavy atom. The van der Waals surface area contributed by atoms with Crippen molar-refractivity contribution in [2.24, 2.45) is 17.8 Å². The lowest BCUT2D eigenvalue weighted by Crippen LogP contribution is -2.36. The fourth-order valence-corrected chi connectivity index (χ4v) is 4.60. The maximum Gasteiger partial charge on any atom is 0.00605 e. The van der Waals surface area contributed by atoms with Gasteiger partial charge in [-0.1, -0.05) is 35.9 Å². The minimum atomic E-state index is 0.804. The molecule has 0 radical (unpaired) electrons. The Kier molecular flexibility index (Phi) is 1.00. The first-order valence-electron chi connectivity index (χ1n) is 6.23. The van der Waals surface area contributed by atoms with Crippen LogP contribution in [0.4, 0.5) is 0 Å². The van der Waals surface area contributed by atoms with Crippen molar-refractivity contribution in [3.63, 3.8) is 0 Å². The molecule has 0 nitrogen and oxygen atoms in total. The molecule has 0 aliphatic heterocycles. The average Bonchev–Trinajstić information content (AvgIpc) is 2.90. The van der Waals surface area contributed by atoms with Gasteiger partial charge in [-0.3, -0.25) is 0 Å². The number of rotatable bonds is 0. The van der Waals surface area contributed by atoms with Gasteiger partial charge in [0.2, 0.25) is 0 Å². The predicted octanol–water partition coefficient (Wildman–Crippen LogP) is 3.46. The molecule has 0 bridgehead atoms. The molecule has 4 aliphatic rings. The summed E-state index contributed by atoms with van der Waals surface area (Å²) >= 11 is 0. The van der Waals surface area contributed by atoms with Gasteiger partial charge < -0.3 is 0 Å². The second kappa shape index (κ2) is 2.07. The molecule has 0 N–H and O–H groups in total. The number of hydrogen-bond acceptors (Lipinski definition) is 0. The second-order valence-corrected chi connectivity index (χ2v) is 5.79. The average molecular weight is 194 g/mol. The van der Waals surface area contributed by atoms with Crippen LogP contribution in [0.15, 0.2) is 35.9 Å². The smallest absolute Gasteiger partial charge is 0.00605 e. The van der Waals surface area contributed by atoms with Gasteiger partial charge >= 0.3 is 0 Å². The monoisotopic (exact) mass is 194 g/mol. The SMILES string of the molecule is C1=C2CC2C2CC3c4ccccc4C1C32. The van der Waals surface area contributed by atoms with Crippen molar-refractivity contribution in [2.75, 3.05) is 0 Å². The zero-order valence-electron chi connectivity index (χ0n) is 8.69. The number of hydrogen-bond donors (Lipinski definition) is 0. The van der Waals surface area contributed by atoms with Gasteiger partial charge in [0.1, 0.15) is 0 Å². The van der Waals surface area contributed by atoms with Crippen molar-refractivity contribution in [3.8, 4) is 0 Å². The molecule has 4 aliphatic carbocycles. The van der Waals surface area contributed by atoms with Crippen LogP contribution in [0.2, 0.25) is 0 Å². The van der Waals surface area contributed by atoms with E-state index in [-0.39, 0.29) is 0 Å². The Bertz CT molecular complexity index is 497. The van der Waals surface area contributed by atoms with E-state index >= 15 is 0 Å². The van der Waals surface area contributed by atoms with Crippen molar-refractivity contribution in [1.29, 1.82) is 0 Å². The minimum Gasteiger partial charge on any atom is -0.0772 e. The Morgan fingerprint density at radius 2 is 1.87 bits per heavy atom. The summed E-state index contributed by atoms with van der Waals surface area (Å²) in [4.78, 5) is 0. The van der Waals surface area contributed by atoms with E-state index in [1.165, 1.54) is 12.8 Å². The molecule has 5 atom stereocenters. The molecule has 0 heterocycles. The molecule has 0 amide bonds. The van der Waals surface area contributed by atoms with Crippen LogP contribution in [-0.2, 0) is 0 Å². The standard InChI is InChI=1S/C15H14/c1-2-4-10-9(3-1)12-6-8-5-11(8)14-7-13(10)15(12)14/h1-4,6,11-15H,5,7H2. The number of benzene rings is 1. The summed E-state index contributed by atoms with van der Waals surface area (Å²) in [5.41, 5.74) is 5.13. The van der Waals surface area contributed by atoms with E-state index in [0.29, 0.717) is 0 Å². The highest BCUT2D eigenvalue weighted by atomic mass is 14.6. The molecular formula is C15H14. The van der Waals surface area contributed by atoms with Crippen molar-refractivity contribution >= 4 is 0 Å². The Hall–Kier alpha value is -1.04. The zero-order chi connectivity index (χ0) is 9.57. The Morgan fingerprint density at radius 3 is 2.80 bits per heavy atom. The van der Waals surface area contributed by atoms with Gasteiger partial charge in [0, 0.05) is 5.92 Å². The molecule has 2 fully saturated rings. The summed E-state index contributed by atoms with van der Waals surface area (Å²) in [6.45, 7) is 0. The van der Waals surface area contributed by atoms with E-state index in [4.69, 9.17) is 0 Å². The molecule has 0 spiro atoms. The van der Waals surface area contributed by atoms with E-state index in [1.807, 2.05) is 0 Å². The molecule has 0 aromatic heterocycles. The van der Waals surface area contributed by atoms with Gasteiger partial charge in [-0.15, -0.1) is 0 Å². The number of allylic oxidation sites excluding steroid dienone is 2. The molecule has 1 aromatic rings. The molecule has 0 heteroatoms. The lowest BCUT2D eigenvalue weighted by molar-refractivity contribution is 0.111. The van der Waals surface area contributed by atoms with Crippen LogP contribution in [0.1, 0.15) is 35.8 Å². The lowest BCUT2D eigenvalue weighted by Gasteiger charge is -2.45. The topological polar surface area (TPSA) is 0 Å². The quantitative estimate of drug-likeness (QED) is 0.555. The van der Waals surface area contributed by atoms with E-state index in [0.717, 1.165) is 29.6 Å². The molecular weight excluding hydrogens is 180 g/mol. The van der Waals surface area contributed by atoms with Gasteiger partial charge in [-0.05, 0) is 47.6 Å². The van der Waals surface area contributed by atoms with Crippen molar-refractivity contribution in [2.45, 2.75) is 24.7 Å².